The molecule has 1 aromatic rings. The predicted octanol–water partition coefficient (Wildman–Crippen LogP) is 2.53. The molecule has 2 fully saturated rings. The maximum absolute atomic E-state index is 12.2. The number of amides is 1. The normalized spacial score (nSPS) is 20.3. The number of hydrogen-bond donors (Lipinski definition) is 1. The molecule has 1 saturated heterocycles. The average Bonchev–Trinajstić information content (AvgIpc) is 2.57. The Balaban J connectivity index is 1.58. The van der Waals surface area contributed by atoms with E-state index in [2.05, 4.69) is 20.2 Å². The number of piperidine rings is 1. The molecule has 1 aromatic heterocycles. The molecule has 0 bridgehead atoms. The maximum atomic E-state index is 12.2. The standard InChI is InChI=1S/C16H24N4O/c21-15(19-14-7-3-1-4-8-14)13-11-17-16(18-12-13)20-9-5-2-6-10-20/h11-12,14H,1-10H2,(H,19,21). The molecule has 1 aliphatic carbocycles. The van der Waals surface area contributed by atoms with E-state index in [9.17, 15) is 4.79 Å². The van der Waals surface area contributed by atoms with Crippen molar-refractivity contribution in [3.63, 3.8) is 0 Å². The third kappa shape index (κ3) is 3.71. The Morgan fingerprint density at radius 2 is 1.62 bits per heavy atom. The van der Waals surface area contributed by atoms with E-state index in [0.29, 0.717) is 11.6 Å². The SMILES string of the molecule is O=C(NC1CCCCC1)c1cnc(N2CCCCC2)nc1. The summed E-state index contributed by atoms with van der Waals surface area (Å²) in [6.45, 7) is 2.04. The molecule has 0 atom stereocenters. The highest BCUT2D eigenvalue weighted by atomic mass is 16.1. The first kappa shape index (κ1) is 14.3. The molecule has 3 rings (SSSR count). The Hall–Kier alpha value is -1.65. The highest BCUT2D eigenvalue weighted by molar-refractivity contribution is 5.93. The number of carbonyl (C=O) groups excluding carboxylic acids is 1. The molecule has 5 nitrogen and oxygen atoms in total. The summed E-state index contributed by atoms with van der Waals surface area (Å²) in [5.41, 5.74) is 0.571. The summed E-state index contributed by atoms with van der Waals surface area (Å²) in [4.78, 5) is 23.1. The van der Waals surface area contributed by atoms with Gasteiger partial charge in [-0.25, -0.2) is 9.97 Å². The topological polar surface area (TPSA) is 58.1 Å². The molecule has 2 aliphatic rings. The van der Waals surface area contributed by atoms with Crippen LogP contribution in [0.5, 0.6) is 0 Å². The van der Waals surface area contributed by atoms with Crippen LogP contribution in [-0.4, -0.2) is 35.0 Å². The second kappa shape index (κ2) is 6.87. The van der Waals surface area contributed by atoms with Gasteiger partial charge >= 0.3 is 0 Å². The Kier molecular flexibility index (Phi) is 4.68. The summed E-state index contributed by atoms with van der Waals surface area (Å²) in [5, 5.41) is 3.10. The Bertz CT molecular complexity index is 462. The van der Waals surface area contributed by atoms with Gasteiger partial charge in [0.1, 0.15) is 0 Å². The highest BCUT2D eigenvalue weighted by Crippen LogP contribution is 2.18. The van der Waals surface area contributed by atoms with Crippen LogP contribution in [0.3, 0.4) is 0 Å². The molecule has 0 unspecified atom stereocenters. The zero-order valence-corrected chi connectivity index (χ0v) is 12.6. The summed E-state index contributed by atoms with van der Waals surface area (Å²) in [7, 11) is 0. The lowest BCUT2D eigenvalue weighted by Gasteiger charge is -2.26. The van der Waals surface area contributed by atoms with Crippen molar-refractivity contribution in [1.29, 1.82) is 0 Å². The molecule has 0 spiro atoms. The zero-order chi connectivity index (χ0) is 14.5. The molecule has 1 saturated carbocycles. The number of hydrogen-bond acceptors (Lipinski definition) is 4. The second-order valence-electron chi connectivity index (χ2n) is 6.13. The monoisotopic (exact) mass is 288 g/mol. The van der Waals surface area contributed by atoms with E-state index in [1.807, 2.05) is 0 Å². The van der Waals surface area contributed by atoms with Gasteiger partial charge in [0.25, 0.3) is 5.91 Å². The lowest BCUT2D eigenvalue weighted by atomic mass is 9.95. The largest absolute Gasteiger partial charge is 0.349 e. The van der Waals surface area contributed by atoms with E-state index in [1.54, 1.807) is 12.4 Å². The van der Waals surface area contributed by atoms with Gasteiger partial charge in [0.15, 0.2) is 0 Å². The molecule has 1 aliphatic heterocycles. The first-order valence-corrected chi connectivity index (χ1v) is 8.21. The van der Waals surface area contributed by atoms with Gasteiger partial charge in [-0.2, -0.15) is 0 Å². The van der Waals surface area contributed by atoms with Gasteiger partial charge in [-0.05, 0) is 32.1 Å². The van der Waals surface area contributed by atoms with E-state index >= 15 is 0 Å². The van der Waals surface area contributed by atoms with E-state index in [1.165, 1.54) is 38.5 Å². The molecular weight excluding hydrogens is 264 g/mol. The number of carbonyl (C=O) groups is 1. The molecule has 0 radical (unpaired) electrons. The minimum absolute atomic E-state index is 0.0351. The smallest absolute Gasteiger partial charge is 0.254 e. The molecule has 2 heterocycles. The Labute approximate surface area is 126 Å². The number of anilines is 1. The van der Waals surface area contributed by atoms with E-state index < -0.39 is 0 Å². The third-order valence-electron chi connectivity index (χ3n) is 4.48. The van der Waals surface area contributed by atoms with Crippen molar-refractivity contribution in [1.82, 2.24) is 15.3 Å². The summed E-state index contributed by atoms with van der Waals surface area (Å²) in [6.07, 6.45) is 12.9. The minimum atomic E-state index is -0.0351. The van der Waals surface area contributed by atoms with Gasteiger partial charge in [0.2, 0.25) is 5.95 Å². The van der Waals surface area contributed by atoms with E-state index in [-0.39, 0.29) is 5.91 Å². The lowest BCUT2D eigenvalue weighted by Crippen LogP contribution is -2.36. The highest BCUT2D eigenvalue weighted by Gasteiger charge is 2.18. The van der Waals surface area contributed by atoms with Gasteiger partial charge < -0.3 is 10.2 Å². The van der Waals surface area contributed by atoms with Crippen LogP contribution in [0.25, 0.3) is 0 Å². The van der Waals surface area contributed by atoms with Gasteiger partial charge in [0.05, 0.1) is 5.56 Å². The number of rotatable bonds is 3. The van der Waals surface area contributed by atoms with Crippen molar-refractivity contribution in [3.8, 4) is 0 Å². The van der Waals surface area contributed by atoms with Crippen LogP contribution >= 0.6 is 0 Å². The van der Waals surface area contributed by atoms with Crippen LogP contribution in [0, 0.1) is 0 Å². The van der Waals surface area contributed by atoms with Crippen LogP contribution in [0.1, 0.15) is 61.7 Å². The van der Waals surface area contributed by atoms with E-state index in [4.69, 9.17) is 0 Å². The third-order valence-corrected chi connectivity index (χ3v) is 4.48. The summed E-state index contributed by atoms with van der Waals surface area (Å²) in [6, 6.07) is 0.327. The fourth-order valence-corrected chi connectivity index (χ4v) is 3.21. The summed E-state index contributed by atoms with van der Waals surface area (Å²) >= 11 is 0. The van der Waals surface area contributed by atoms with Crippen molar-refractivity contribution in [2.45, 2.75) is 57.4 Å². The number of nitrogens with zero attached hydrogens (tertiary/aromatic N) is 3. The second-order valence-corrected chi connectivity index (χ2v) is 6.13. The Morgan fingerprint density at radius 3 is 2.29 bits per heavy atom. The quantitative estimate of drug-likeness (QED) is 0.928. The fourth-order valence-electron chi connectivity index (χ4n) is 3.21. The predicted molar refractivity (Wildman–Crippen MR) is 82.4 cm³/mol. The summed E-state index contributed by atoms with van der Waals surface area (Å²) in [5.74, 6) is 0.719. The van der Waals surface area contributed by atoms with Crippen LogP contribution in [0.15, 0.2) is 12.4 Å². The van der Waals surface area contributed by atoms with Crippen molar-refractivity contribution < 1.29 is 4.79 Å². The fraction of sp³-hybridized carbons (Fsp3) is 0.688. The molecule has 1 N–H and O–H groups in total. The number of nitrogens with one attached hydrogen (secondary N) is 1. The molecule has 114 valence electrons. The van der Waals surface area contributed by atoms with Gasteiger partial charge in [0, 0.05) is 31.5 Å². The molecular formula is C16H24N4O. The van der Waals surface area contributed by atoms with Gasteiger partial charge in [-0.1, -0.05) is 19.3 Å². The summed E-state index contributed by atoms with van der Waals surface area (Å²) < 4.78 is 0. The van der Waals surface area contributed by atoms with Crippen molar-refractivity contribution in [3.05, 3.63) is 18.0 Å². The van der Waals surface area contributed by atoms with Crippen LogP contribution < -0.4 is 10.2 Å². The zero-order valence-electron chi connectivity index (χ0n) is 12.6. The average molecular weight is 288 g/mol. The van der Waals surface area contributed by atoms with Crippen LogP contribution in [-0.2, 0) is 0 Å². The molecule has 0 aromatic carbocycles. The van der Waals surface area contributed by atoms with Crippen molar-refractivity contribution in [2.24, 2.45) is 0 Å². The number of aromatic nitrogens is 2. The van der Waals surface area contributed by atoms with Crippen LogP contribution in [0.2, 0.25) is 0 Å². The van der Waals surface area contributed by atoms with Crippen molar-refractivity contribution in [2.75, 3.05) is 18.0 Å². The minimum Gasteiger partial charge on any atom is -0.349 e. The Morgan fingerprint density at radius 1 is 1.00 bits per heavy atom. The lowest BCUT2D eigenvalue weighted by molar-refractivity contribution is 0.0927. The maximum Gasteiger partial charge on any atom is 0.254 e. The first-order valence-electron chi connectivity index (χ1n) is 8.21. The van der Waals surface area contributed by atoms with Gasteiger partial charge in [-0.15, -0.1) is 0 Å². The van der Waals surface area contributed by atoms with E-state index in [0.717, 1.165) is 31.9 Å². The molecule has 5 heteroatoms. The molecule has 1 amide bonds. The van der Waals surface area contributed by atoms with Crippen LogP contribution in [0.4, 0.5) is 5.95 Å². The first-order chi connectivity index (χ1) is 10.3. The molecule has 21 heavy (non-hydrogen) atoms. The van der Waals surface area contributed by atoms with Crippen molar-refractivity contribution >= 4 is 11.9 Å². The van der Waals surface area contributed by atoms with Gasteiger partial charge in [-0.3, -0.25) is 4.79 Å².